The van der Waals surface area contributed by atoms with E-state index in [1.54, 1.807) is 5.57 Å². The Bertz CT molecular complexity index is 784. The van der Waals surface area contributed by atoms with Gasteiger partial charge in [0.25, 0.3) is 0 Å². The normalized spacial score (nSPS) is 30.2. The Balaban J connectivity index is 1.05. The maximum Gasteiger partial charge on any atom is 0.223 e. The summed E-state index contributed by atoms with van der Waals surface area (Å²) >= 11 is 0. The summed E-state index contributed by atoms with van der Waals surface area (Å²) < 4.78 is 0. The van der Waals surface area contributed by atoms with Crippen molar-refractivity contribution >= 4 is 5.91 Å². The van der Waals surface area contributed by atoms with Crippen LogP contribution >= 0.6 is 0 Å². The van der Waals surface area contributed by atoms with E-state index in [9.17, 15) is 4.79 Å². The number of rotatable bonds is 7. The van der Waals surface area contributed by atoms with Crippen LogP contribution in [0.2, 0.25) is 0 Å². The lowest BCUT2D eigenvalue weighted by Gasteiger charge is -2.35. The van der Waals surface area contributed by atoms with Gasteiger partial charge in [0.1, 0.15) is 0 Å². The Hall–Kier alpha value is -1.69. The molecule has 5 heteroatoms. The molecule has 2 aliphatic heterocycles. The van der Waals surface area contributed by atoms with E-state index in [1.165, 1.54) is 44.1 Å². The molecule has 1 saturated carbocycles. The summed E-state index contributed by atoms with van der Waals surface area (Å²) in [6.07, 6.45) is 12.0. The largest absolute Gasteiger partial charge is 0.356 e. The van der Waals surface area contributed by atoms with Gasteiger partial charge >= 0.3 is 0 Å². The second-order valence-corrected chi connectivity index (χ2v) is 10.2. The summed E-state index contributed by atoms with van der Waals surface area (Å²) in [6, 6.07) is 11.2. The van der Waals surface area contributed by atoms with Gasteiger partial charge in [-0.3, -0.25) is 10.2 Å². The molecule has 5 nitrogen and oxygen atoms in total. The number of hydrazine groups is 1. The Morgan fingerprint density at radius 1 is 1.16 bits per heavy atom. The van der Waals surface area contributed by atoms with Gasteiger partial charge in [-0.05, 0) is 75.4 Å². The number of carbonyl (C=O) groups excluding carboxylic acids is 1. The molecule has 1 aromatic rings. The van der Waals surface area contributed by atoms with Crippen LogP contribution in [0.15, 0.2) is 42.0 Å². The monoisotopic (exact) mass is 422 g/mol. The van der Waals surface area contributed by atoms with Crippen LogP contribution in [0.3, 0.4) is 0 Å². The summed E-state index contributed by atoms with van der Waals surface area (Å²) in [4.78, 5) is 15.3. The van der Waals surface area contributed by atoms with Crippen molar-refractivity contribution in [3.8, 4) is 0 Å². The molecular weight excluding hydrogens is 384 g/mol. The number of carbonyl (C=O) groups is 1. The fourth-order valence-electron chi connectivity index (χ4n) is 6.11. The van der Waals surface area contributed by atoms with Crippen LogP contribution in [0.1, 0.15) is 63.0 Å². The molecule has 2 heterocycles. The second-order valence-electron chi connectivity index (χ2n) is 10.2. The van der Waals surface area contributed by atoms with Gasteiger partial charge < -0.3 is 10.2 Å². The number of nitrogens with zero attached hydrogens (tertiary/aromatic N) is 1. The van der Waals surface area contributed by atoms with Gasteiger partial charge in [-0.15, -0.1) is 0 Å². The molecule has 0 radical (unpaired) electrons. The minimum absolute atomic E-state index is 0.266. The predicted octanol–water partition coefficient (Wildman–Crippen LogP) is 3.56. The van der Waals surface area contributed by atoms with Crippen LogP contribution in [0, 0.1) is 17.3 Å². The smallest absolute Gasteiger partial charge is 0.223 e. The molecule has 3 N–H and O–H groups in total. The van der Waals surface area contributed by atoms with Gasteiger partial charge in [0.15, 0.2) is 0 Å². The summed E-state index contributed by atoms with van der Waals surface area (Å²) in [5, 5.41) is 3.25. The van der Waals surface area contributed by atoms with Crippen LogP contribution in [0.25, 0.3) is 0 Å². The third-order valence-electron chi connectivity index (χ3n) is 8.23. The molecule has 168 valence electrons. The van der Waals surface area contributed by atoms with Crippen molar-refractivity contribution in [3.05, 3.63) is 47.5 Å². The summed E-state index contributed by atoms with van der Waals surface area (Å²) in [7, 11) is 0. The minimum atomic E-state index is 0.266. The Labute approximate surface area is 187 Å². The molecule has 1 spiro atoms. The number of allylic oxidation sites excluding steroid dienone is 1. The molecule has 0 aromatic heterocycles. The fraction of sp³-hybridized carbons (Fsp3) is 0.654. The number of hydrogen-bond donors (Lipinski definition) is 3. The highest BCUT2D eigenvalue weighted by molar-refractivity contribution is 5.82. The average Bonchev–Trinajstić information content (AvgIpc) is 3.32. The topological polar surface area (TPSA) is 56.4 Å². The first-order valence-corrected chi connectivity index (χ1v) is 12.4. The molecule has 5 rings (SSSR count). The number of hydrogen-bond acceptors (Lipinski definition) is 4. The Morgan fingerprint density at radius 2 is 2.00 bits per heavy atom. The molecule has 3 fully saturated rings. The van der Waals surface area contributed by atoms with E-state index in [-0.39, 0.29) is 5.92 Å². The van der Waals surface area contributed by atoms with Crippen LogP contribution < -0.4 is 16.2 Å². The van der Waals surface area contributed by atoms with Crippen molar-refractivity contribution < 1.29 is 4.79 Å². The Morgan fingerprint density at radius 3 is 2.77 bits per heavy atom. The molecule has 4 aliphatic rings. The highest BCUT2D eigenvalue weighted by Gasteiger charge is 2.58. The summed E-state index contributed by atoms with van der Waals surface area (Å²) in [5.74, 6) is 1.17. The molecule has 3 unspecified atom stereocenters. The maximum atomic E-state index is 12.7. The van der Waals surface area contributed by atoms with E-state index in [4.69, 9.17) is 0 Å². The SMILES string of the molecule is O=C(NCCC1=CCCCC1)C1CC12CCN(CC1CNNC1c1ccccc1)CC2. The first-order chi connectivity index (χ1) is 15.2. The van der Waals surface area contributed by atoms with E-state index in [0.717, 1.165) is 45.6 Å². The fourth-order valence-corrected chi connectivity index (χ4v) is 6.11. The van der Waals surface area contributed by atoms with Gasteiger partial charge in [-0.25, -0.2) is 5.43 Å². The van der Waals surface area contributed by atoms with Gasteiger partial charge in [-0.2, -0.15) is 0 Å². The summed E-state index contributed by atoms with van der Waals surface area (Å²) in [5.41, 5.74) is 10.1. The third-order valence-corrected chi connectivity index (χ3v) is 8.23. The highest BCUT2D eigenvalue weighted by Crippen LogP contribution is 2.59. The van der Waals surface area contributed by atoms with E-state index in [1.807, 2.05) is 0 Å². The van der Waals surface area contributed by atoms with Crippen molar-refractivity contribution in [1.82, 2.24) is 21.1 Å². The second kappa shape index (κ2) is 9.43. The average molecular weight is 423 g/mol. The van der Waals surface area contributed by atoms with Crippen molar-refractivity contribution in [2.45, 2.75) is 57.4 Å². The predicted molar refractivity (Wildman–Crippen MR) is 124 cm³/mol. The van der Waals surface area contributed by atoms with Crippen LogP contribution in [-0.4, -0.2) is 43.5 Å². The van der Waals surface area contributed by atoms with Crippen LogP contribution in [-0.2, 0) is 4.79 Å². The number of benzene rings is 1. The van der Waals surface area contributed by atoms with Crippen LogP contribution in [0.4, 0.5) is 0 Å². The van der Waals surface area contributed by atoms with E-state index >= 15 is 0 Å². The zero-order valence-corrected chi connectivity index (χ0v) is 18.7. The zero-order chi connectivity index (χ0) is 21.1. The quantitative estimate of drug-likeness (QED) is 0.588. The van der Waals surface area contributed by atoms with Gasteiger partial charge in [0.05, 0.1) is 6.04 Å². The van der Waals surface area contributed by atoms with E-state index in [0.29, 0.717) is 23.3 Å². The molecular formula is C26H38N4O. The lowest BCUT2D eigenvalue weighted by molar-refractivity contribution is -0.123. The lowest BCUT2D eigenvalue weighted by Crippen LogP contribution is -2.41. The molecule has 1 aromatic carbocycles. The lowest BCUT2D eigenvalue weighted by atomic mass is 9.88. The van der Waals surface area contributed by atoms with E-state index < -0.39 is 0 Å². The van der Waals surface area contributed by atoms with Crippen LogP contribution in [0.5, 0.6) is 0 Å². The molecule has 31 heavy (non-hydrogen) atoms. The van der Waals surface area contributed by atoms with Gasteiger partial charge in [0.2, 0.25) is 5.91 Å². The maximum absolute atomic E-state index is 12.7. The molecule has 3 atom stereocenters. The van der Waals surface area contributed by atoms with Gasteiger partial charge in [0, 0.05) is 31.5 Å². The number of nitrogens with one attached hydrogen (secondary N) is 3. The van der Waals surface area contributed by atoms with Crippen molar-refractivity contribution in [2.75, 3.05) is 32.7 Å². The van der Waals surface area contributed by atoms with Crippen molar-refractivity contribution in [2.24, 2.45) is 17.3 Å². The van der Waals surface area contributed by atoms with Crippen molar-refractivity contribution in [1.29, 1.82) is 0 Å². The standard InChI is InChI=1S/C26H38N4O/c31-25(27-14-11-20-7-3-1-4-8-20)23-17-26(23)12-15-30(16-13-26)19-22-18-28-29-24(22)21-9-5-2-6-10-21/h2,5-7,9-10,22-24,28-29H,1,3-4,8,11-19H2,(H,27,31). The number of likely N-dealkylation sites (tertiary alicyclic amines) is 1. The van der Waals surface area contributed by atoms with Crippen molar-refractivity contribution in [3.63, 3.8) is 0 Å². The zero-order valence-electron chi connectivity index (χ0n) is 18.7. The summed E-state index contributed by atoms with van der Waals surface area (Å²) in [6.45, 7) is 5.24. The molecule has 1 amide bonds. The highest BCUT2D eigenvalue weighted by atomic mass is 16.2. The molecule has 0 bridgehead atoms. The molecule has 2 aliphatic carbocycles. The molecule has 2 saturated heterocycles. The van der Waals surface area contributed by atoms with E-state index in [2.05, 4.69) is 57.5 Å². The Kier molecular flexibility index (Phi) is 6.44. The first-order valence-electron chi connectivity index (χ1n) is 12.4. The minimum Gasteiger partial charge on any atom is -0.356 e. The van der Waals surface area contributed by atoms with Gasteiger partial charge in [-0.1, -0.05) is 42.0 Å². The number of amides is 1. The third kappa shape index (κ3) is 4.89. The first kappa shape index (κ1) is 21.2. The number of piperidine rings is 1.